The molecule has 2 atom stereocenters. The summed E-state index contributed by atoms with van der Waals surface area (Å²) in [5, 5.41) is 9.04. The Morgan fingerprint density at radius 1 is 1.54 bits per heavy atom. The topological polar surface area (TPSA) is 37.3 Å². The van der Waals surface area contributed by atoms with Gasteiger partial charge in [0, 0.05) is 18.4 Å². The maximum Gasteiger partial charge on any atom is 0.139 e. The standard InChI is InChI=1S/C11H18O2/c1-10(2)8-3-4-11(10,5-6-12)9(13)7-8/h8,12H,3-7H2,1-2H3/t8?,11-/m1/s1. The van der Waals surface area contributed by atoms with Gasteiger partial charge < -0.3 is 5.11 Å². The Kier molecular flexibility index (Phi) is 1.82. The predicted molar refractivity (Wildman–Crippen MR) is 50.3 cm³/mol. The van der Waals surface area contributed by atoms with Gasteiger partial charge in [0.2, 0.25) is 0 Å². The number of carbonyl (C=O) groups is 1. The molecule has 2 saturated carbocycles. The Morgan fingerprint density at radius 3 is 2.62 bits per heavy atom. The fraction of sp³-hybridized carbons (Fsp3) is 0.909. The highest BCUT2D eigenvalue weighted by molar-refractivity contribution is 5.89. The van der Waals surface area contributed by atoms with Crippen LogP contribution in [0.5, 0.6) is 0 Å². The van der Waals surface area contributed by atoms with E-state index in [2.05, 4.69) is 13.8 Å². The van der Waals surface area contributed by atoms with Crippen LogP contribution in [0.1, 0.15) is 39.5 Å². The average molecular weight is 182 g/mol. The Morgan fingerprint density at radius 2 is 2.23 bits per heavy atom. The van der Waals surface area contributed by atoms with Crippen LogP contribution in [0.15, 0.2) is 0 Å². The van der Waals surface area contributed by atoms with Crippen molar-refractivity contribution in [3.8, 4) is 0 Å². The van der Waals surface area contributed by atoms with E-state index in [0.717, 1.165) is 12.8 Å². The van der Waals surface area contributed by atoms with Crippen LogP contribution < -0.4 is 0 Å². The number of hydrogen-bond acceptors (Lipinski definition) is 2. The van der Waals surface area contributed by atoms with E-state index < -0.39 is 0 Å². The van der Waals surface area contributed by atoms with E-state index in [0.29, 0.717) is 18.1 Å². The number of hydrogen-bond donors (Lipinski definition) is 1. The van der Waals surface area contributed by atoms with Crippen LogP contribution in [0, 0.1) is 16.7 Å². The van der Waals surface area contributed by atoms with Gasteiger partial charge in [0.1, 0.15) is 5.78 Å². The van der Waals surface area contributed by atoms with Gasteiger partial charge in [-0.3, -0.25) is 4.79 Å². The lowest BCUT2D eigenvalue weighted by atomic mass is 9.67. The Bertz CT molecular complexity index is 244. The number of fused-ring (bicyclic) bond motifs is 2. The van der Waals surface area contributed by atoms with E-state index in [-0.39, 0.29) is 17.4 Å². The SMILES string of the molecule is CC1(C)C2CC[C@@]1(CCO)C(=O)C2. The molecule has 0 saturated heterocycles. The van der Waals surface area contributed by atoms with Crippen LogP contribution in [-0.4, -0.2) is 17.5 Å². The van der Waals surface area contributed by atoms with E-state index >= 15 is 0 Å². The molecule has 2 fully saturated rings. The predicted octanol–water partition coefficient (Wildman–Crippen LogP) is 1.76. The van der Waals surface area contributed by atoms with Crippen molar-refractivity contribution >= 4 is 5.78 Å². The first-order valence-electron chi connectivity index (χ1n) is 5.19. The summed E-state index contributed by atoms with van der Waals surface area (Å²) in [5.74, 6) is 0.981. The molecule has 74 valence electrons. The molecule has 2 rings (SSSR count). The van der Waals surface area contributed by atoms with Crippen molar-refractivity contribution in [2.75, 3.05) is 6.61 Å². The third-order valence-electron chi connectivity index (χ3n) is 4.68. The molecule has 2 aliphatic carbocycles. The van der Waals surface area contributed by atoms with Crippen molar-refractivity contribution in [3.63, 3.8) is 0 Å². The molecule has 0 amide bonds. The molecule has 0 aromatic carbocycles. The summed E-state index contributed by atoms with van der Waals surface area (Å²) in [6.07, 6.45) is 3.62. The summed E-state index contributed by atoms with van der Waals surface area (Å²) in [6.45, 7) is 4.55. The molecule has 1 N–H and O–H groups in total. The first-order chi connectivity index (χ1) is 6.04. The lowest BCUT2D eigenvalue weighted by molar-refractivity contribution is -0.130. The van der Waals surface area contributed by atoms with Gasteiger partial charge in [-0.25, -0.2) is 0 Å². The van der Waals surface area contributed by atoms with Gasteiger partial charge in [-0.15, -0.1) is 0 Å². The zero-order valence-electron chi connectivity index (χ0n) is 8.47. The van der Waals surface area contributed by atoms with Crippen molar-refractivity contribution in [1.82, 2.24) is 0 Å². The number of carbonyl (C=O) groups excluding carboxylic acids is 1. The second-order valence-electron chi connectivity index (χ2n) is 5.14. The van der Waals surface area contributed by atoms with E-state index in [9.17, 15) is 4.79 Å². The van der Waals surface area contributed by atoms with Gasteiger partial charge >= 0.3 is 0 Å². The maximum atomic E-state index is 11.9. The molecule has 13 heavy (non-hydrogen) atoms. The van der Waals surface area contributed by atoms with Crippen LogP contribution in [0.25, 0.3) is 0 Å². The van der Waals surface area contributed by atoms with E-state index in [1.54, 1.807) is 0 Å². The second kappa shape index (κ2) is 2.57. The van der Waals surface area contributed by atoms with Crippen molar-refractivity contribution in [2.45, 2.75) is 39.5 Å². The molecule has 2 heteroatoms. The van der Waals surface area contributed by atoms with Gasteiger partial charge in [-0.1, -0.05) is 13.8 Å². The smallest absolute Gasteiger partial charge is 0.139 e. The number of rotatable bonds is 2. The lowest BCUT2D eigenvalue weighted by Crippen LogP contribution is -2.36. The fourth-order valence-corrected chi connectivity index (χ4v) is 3.55. The minimum atomic E-state index is -0.174. The Balaban J connectivity index is 2.37. The third kappa shape index (κ3) is 0.899. The highest BCUT2D eigenvalue weighted by atomic mass is 16.3. The summed E-state index contributed by atoms with van der Waals surface area (Å²) >= 11 is 0. The molecule has 0 aromatic heterocycles. The molecule has 2 nitrogen and oxygen atoms in total. The van der Waals surface area contributed by atoms with Gasteiger partial charge in [0.15, 0.2) is 0 Å². The number of Topliss-reactive ketones (excluding diaryl/α,β-unsaturated/α-hetero) is 1. The van der Waals surface area contributed by atoms with Crippen LogP contribution >= 0.6 is 0 Å². The molecule has 2 aliphatic rings. The molecular weight excluding hydrogens is 164 g/mol. The molecule has 1 unspecified atom stereocenters. The minimum absolute atomic E-state index is 0.132. The summed E-state index contributed by atoms with van der Waals surface area (Å²) < 4.78 is 0. The quantitative estimate of drug-likeness (QED) is 0.706. The van der Waals surface area contributed by atoms with Crippen molar-refractivity contribution in [2.24, 2.45) is 16.7 Å². The molecular formula is C11H18O2. The summed E-state index contributed by atoms with van der Waals surface area (Å²) in [4.78, 5) is 11.9. The normalized spacial score (nSPS) is 41.5. The Labute approximate surface area is 79.3 Å². The number of aliphatic hydroxyl groups is 1. The molecule has 0 spiro atoms. The minimum Gasteiger partial charge on any atom is -0.396 e. The number of ketones is 1. The molecule has 0 aliphatic heterocycles. The first-order valence-corrected chi connectivity index (χ1v) is 5.19. The largest absolute Gasteiger partial charge is 0.396 e. The average Bonchev–Trinajstić information content (AvgIpc) is 2.38. The van der Waals surface area contributed by atoms with Gasteiger partial charge in [0.25, 0.3) is 0 Å². The monoisotopic (exact) mass is 182 g/mol. The summed E-state index contributed by atoms with van der Waals surface area (Å²) in [5.41, 5.74) is -0.0424. The molecule has 0 heterocycles. The van der Waals surface area contributed by atoms with Crippen LogP contribution in [0.3, 0.4) is 0 Å². The molecule has 0 radical (unpaired) electrons. The van der Waals surface area contributed by atoms with Crippen LogP contribution in [-0.2, 0) is 4.79 Å². The van der Waals surface area contributed by atoms with Crippen LogP contribution in [0.2, 0.25) is 0 Å². The zero-order chi connectivity index (χ0) is 9.69. The highest BCUT2D eigenvalue weighted by Crippen LogP contribution is 2.65. The number of aliphatic hydroxyl groups excluding tert-OH is 1. The van der Waals surface area contributed by atoms with Crippen molar-refractivity contribution < 1.29 is 9.90 Å². The van der Waals surface area contributed by atoms with Gasteiger partial charge in [-0.2, -0.15) is 0 Å². The Hall–Kier alpha value is -0.370. The zero-order valence-corrected chi connectivity index (χ0v) is 8.47. The first kappa shape index (κ1) is 9.20. The fourth-order valence-electron chi connectivity index (χ4n) is 3.55. The van der Waals surface area contributed by atoms with E-state index in [1.165, 1.54) is 6.42 Å². The van der Waals surface area contributed by atoms with Crippen molar-refractivity contribution in [3.05, 3.63) is 0 Å². The van der Waals surface area contributed by atoms with Gasteiger partial charge in [-0.05, 0) is 30.6 Å². The van der Waals surface area contributed by atoms with Gasteiger partial charge in [0.05, 0.1) is 0 Å². The molecule has 0 aromatic rings. The second-order valence-corrected chi connectivity index (χ2v) is 5.14. The van der Waals surface area contributed by atoms with E-state index in [1.807, 2.05) is 0 Å². The highest BCUT2D eigenvalue weighted by Gasteiger charge is 2.63. The summed E-state index contributed by atoms with van der Waals surface area (Å²) in [7, 11) is 0. The lowest BCUT2D eigenvalue weighted by Gasteiger charge is -2.36. The summed E-state index contributed by atoms with van der Waals surface area (Å²) in [6, 6.07) is 0. The molecule has 2 bridgehead atoms. The van der Waals surface area contributed by atoms with Crippen LogP contribution in [0.4, 0.5) is 0 Å². The maximum absolute atomic E-state index is 11.9. The third-order valence-corrected chi connectivity index (χ3v) is 4.68. The van der Waals surface area contributed by atoms with E-state index in [4.69, 9.17) is 5.11 Å². The van der Waals surface area contributed by atoms with Crippen molar-refractivity contribution in [1.29, 1.82) is 0 Å².